The van der Waals surface area contributed by atoms with E-state index in [4.69, 9.17) is 5.73 Å². The molecule has 0 atom stereocenters. The van der Waals surface area contributed by atoms with Crippen molar-refractivity contribution in [2.45, 2.75) is 0 Å². The first kappa shape index (κ1) is 11.0. The largest absolute Gasteiger partial charge is 0.507 e. The first-order valence-corrected chi connectivity index (χ1v) is 5.01. The number of para-hydroxylation sites is 1. The average molecular weight is 229 g/mol. The van der Waals surface area contributed by atoms with Crippen molar-refractivity contribution >= 4 is 11.5 Å². The second-order valence-corrected chi connectivity index (χ2v) is 3.59. The maximum Gasteiger partial charge on any atom is 0.202 e. The molecule has 0 aliphatic carbocycles. The first-order chi connectivity index (χ1) is 8.11. The molecule has 4 heteroatoms. The first-order valence-electron chi connectivity index (χ1n) is 5.01. The molecule has 2 aromatic carbocycles. The smallest absolute Gasteiger partial charge is 0.202 e. The third-order valence-electron chi connectivity index (χ3n) is 2.45. The highest BCUT2D eigenvalue weighted by atomic mass is 16.3. The highest BCUT2D eigenvalue weighted by Crippen LogP contribution is 2.30. The number of hydrogen-bond donors (Lipinski definition) is 3. The van der Waals surface area contributed by atoms with Gasteiger partial charge < -0.3 is 15.9 Å². The van der Waals surface area contributed by atoms with E-state index in [0.29, 0.717) is 5.69 Å². The Labute approximate surface area is 97.9 Å². The molecule has 4 nitrogen and oxygen atoms in total. The quantitative estimate of drug-likeness (QED) is 0.542. The molecule has 0 heterocycles. The molecule has 17 heavy (non-hydrogen) atoms. The van der Waals surface area contributed by atoms with Crippen LogP contribution in [-0.2, 0) is 0 Å². The lowest BCUT2D eigenvalue weighted by Crippen LogP contribution is -2.05. The van der Waals surface area contributed by atoms with Gasteiger partial charge in [0.05, 0.1) is 0 Å². The van der Waals surface area contributed by atoms with E-state index in [1.54, 1.807) is 24.3 Å². The maximum atomic E-state index is 12.1. The van der Waals surface area contributed by atoms with Crippen molar-refractivity contribution < 1.29 is 15.0 Å². The molecule has 0 saturated heterocycles. The summed E-state index contributed by atoms with van der Waals surface area (Å²) >= 11 is 0. The number of hydrogen-bond acceptors (Lipinski definition) is 4. The zero-order valence-electron chi connectivity index (χ0n) is 8.92. The van der Waals surface area contributed by atoms with Crippen LogP contribution < -0.4 is 5.73 Å². The molecule has 0 aliphatic heterocycles. The number of benzene rings is 2. The molecule has 0 bridgehead atoms. The Morgan fingerprint density at radius 1 is 0.941 bits per heavy atom. The van der Waals surface area contributed by atoms with E-state index in [0.717, 1.165) is 0 Å². The maximum absolute atomic E-state index is 12.1. The van der Waals surface area contributed by atoms with Crippen LogP contribution in [0.2, 0.25) is 0 Å². The molecule has 2 rings (SSSR count). The summed E-state index contributed by atoms with van der Waals surface area (Å²) in [5.74, 6) is -1.03. The van der Waals surface area contributed by atoms with Gasteiger partial charge in [-0.1, -0.05) is 18.2 Å². The second kappa shape index (κ2) is 4.17. The van der Waals surface area contributed by atoms with Gasteiger partial charge in [0.2, 0.25) is 5.78 Å². The van der Waals surface area contributed by atoms with Crippen LogP contribution in [-0.4, -0.2) is 16.0 Å². The average Bonchev–Trinajstić information content (AvgIpc) is 2.29. The van der Waals surface area contributed by atoms with E-state index in [2.05, 4.69) is 0 Å². The standard InChI is InChI=1S/C13H11NO3/c14-9-5-2-1-4-8(9)13(17)12-10(15)6-3-7-11(12)16/h1-7,15-16H,14H2. The lowest BCUT2D eigenvalue weighted by atomic mass is 10.0. The Morgan fingerprint density at radius 2 is 1.53 bits per heavy atom. The van der Waals surface area contributed by atoms with Crippen molar-refractivity contribution in [3.8, 4) is 11.5 Å². The molecular formula is C13H11NO3. The normalized spacial score (nSPS) is 10.1. The van der Waals surface area contributed by atoms with Crippen LogP contribution in [0.1, 0.15) is 15.9 Å². The van der Waals surface area contributed by atoms with Gasteiger partial charge in [-0.25, -0.2) is 0 Å². The van der Waals surface area contributed by atoms with Gasteiger partial charge in [-0.05, 0) is 24.3 Å². The zero-order chi connectivity index (χ0) is 12.4. The third-order valence-corrected chi connectivity index (χ3v) is 2.45. The van der Waals surface area contributed by atoms with Crippen molar-refractivity contribution in [1.82, 2.24) is 0 Å². The number of carbonyl (C=O) groups is 1. The summed E-state index contributed by atoms with van der Waals surface area (Å²) in [6, 6.07) is 10.6. The molecule has 0 radical (unpaired) electrons. The van der Waals surface area contributed by atoms with Crippen molar-refractivity contribution in [3.05, 3.63) is 53.6 Å². The van der Waals surface area contributed by atoms with Gasteiger partial charge in [-0.3, -0.25) is 4.79 Å². The number of nitrogen functional groups attached to an aromatic ring is 1. The molecular weight excluding hydrogens is 218 g/mol. The summed E-state index contributed by atoms with van der Waals surface area (Å²) in [6.07, 6.45) is 0. The molecule has 2 aromatic rings. The van der Waals surface area contributed by atoms with E-state index in [1.165, 1.54) is 18.2 Å². The SMILES string of the molecule is Nc1ccccc1C(=O)c1c(O)cccc1O. The van der Waals surface area contributed by atoms with E-state index in [9.17, 15) is 15.0 Å². The van der Waals surface area contributed by atoms with Crippen molar-refractivity contribution in [1.29, 1.82) is 0 Å². The van der Waals surface area contributed by atoms with Crippen LogP contribution in [0.5, 0.6) is 11.5 Å². The molecule has 0 amide bonds. The van der Waals surface area contributed by atoms with Gasteiger partial charge in [-0.15, -0.1) is 0 Å². The molecule has 0 saturated carbocycles. The van der Waals surface area contributed by atoms with Crippen LogP contribution >= 0.6 is 0 Å². The van der Waals surface area contributed by atoms with E-state index >= 15 is 0 Å². The predicted octanol–water partition coefficient (Wildman–Crippen LogP) is 1.91. The lowest BCUT2D eigenvalue weighted by Gasteiger charge is -2.07. The fourth-order valence-electron chi connectivity index (χ4n) is 1.60. The molecule has 86 valence electrons. The predicted molar refractivity (Wildman–Crippen MR) is 64.1 cm³/mol. The summed E-state index contributed by atoms with van der Waals surface area (Å²) in [5, 5.41) is 19.2. The number of rotatable bonds is 2. The third kappa shape index (κ3) is 1.92. The van der Waals surface area contributed by atoms with E-state index in [1.807, 2.05) is 0 Å². The summed E-state index contributed by atoms with van der Waals surface area (Å²) in [7, 11) is 0. The number of phenols is 2. The number of carbonyl (C=O) groups excluding carboxylic acids is 1. The number of phenolic OH excluding ortho intramolecular Hbond substituents is 2. The molecule has 0 unspecified atom stereocenters. The van der Waals surface area contributed by atoms with Crippen LogP contribution in [0.25, 0.3) is 0 Å². The molecule has 0 aliphatic rings. The fraction of sp³-hybridized carbons (Fsp3) is 0. The molecule has 0 aromatic heterocycles. The minimum atomic E-state index is -0.501. The van der Waals surface area contributed by atoms with Gasteiger partial charge in [-0.2, -0.15) is 0 Å². The molecule has 0 spiro atoms. The topological polar surface area (TPSA) is 83.6 Å². The monoisotopic (exact) mass is 229 g/mol. The van der Waals surface area contributed by atoms with E-state index in [-0.39, 0.29) is 22.6 Å². The van der Waals surface area contributed by atoms with Crippen molar-refractivity contribution in [3.63, 3.8) is 0 Å². The lowest BCUT2D eigenvalue weighted by molar-refractivity contribution is 0.103. The zero-order valence-corrected chi connectivity index (χ0v) is 8.92. The summed E-state index contributed by atoms with van der Waals surface area (Å²) in [4.78, 5) is 12.1. The molecule has 0 fully saturated rings. The van der Waals surface area contributed by atoms with Gasteiger partial charge >= 0.3 is 0 Å². The van der Waals surface area contributed by atoms with Gasteiger partial charge in [0, 0.05) is 11.3 Å². The number of aromatic hydroxyl groups is 2. The van der Waals surface area contributed by atoms with Crippen molar-refractivity contribution in [2.75, 3.05) is 5.73 Å². The Bertz CT molecular complexity index is 558. The highest BCUT2D eigenvalue weighted by Gasteiger charge is 2.19. The van der Waals surface area contributed by atoms with Crippen LogP contribution in [0.4, 0.5) is 5.69 Å². The second-order valence-electron chi connectivity index (χ2n) is 3.59. The minimum absolute atomic E-state index is 0.134. The Hall–Kier alpha value is -2.49. The Morgan fingerprint density at radius 3 is 2.12 bits per heavy atom. The minimum Gasteiger partial charge on any atom is -0.507 e. The summed E-state index contributed by atoms with van der Waals surface area (Å²) in [6.45, 7) is 0. The number of anilines is 1. The van der Waals surface area contributed by atoms with E-state index < -0.39 is 5.78 Å². The van der Waals surface area contributed by atoms with Crippen LogP contribution in [0.15, 0.2) is 42.5 Å². The molecule has 4 N–H and O–H groups in total. The Balaban J connectivity index is 2.56. The number of ketones is 1. The van der Waals surface area contributed by atoms with Gasteiger partial charge in [0.25, 0.3) is 0 Å². The highest BCUT2D eigenvalue weighted by molar-refractivity contribution is 6.15. The fourth-order valence-corrected chi connectivity index (χ4v) is 1.60. The number of nitrogens with two attached hydrogens (primary N) is 1. The summed E-state index contributed by atoms with van der Waals surface area (Å²) in [5.41, 5.74) is 6.10. The van der Waals surface area contributed by atoms with Crippen LogP contribution in [0.3, 0.4) is 0 Å². The van der Waals surface area contributed by atoms with Gasteiger partial charge in [0.1, 0.15) is 17.1 Å². The van der Waals surface area contributed by atoms with Gasteiger partial charge in [0.15, 0.2) is 0 Å². The van der Waals surface area contributed by atoms with Crippen molar-refractivity contribution in [2.24, 2.45) is 0 Å². The Kier molecular flexibility index (Phi) is 2.70. The summed E-state index contributed by atoms with van der Waals surface area (Å²) < 4.78 is 0. The van der Waals surface area contributed by atoms with Crippen LogP contribution in [0, 0.1) is 0 Å².